The van der Waals surface area contributed by atoms with Gasteiger partial charge in [-0.05, 0) is 23.6 Å². The molecule has 4 heteroatoms. The van der Waals surface area contributed by atoms with Crippen LogP contribution < -0.4 is 5.32 Å². The van der Waals surface area contributed by atoms with Gasteiger partial charge in [0, 0.05) is 17.0 Å². The molecule has 0 aliphatic carbocycles. The predicted octanol–water partition coefficient (Wildman–Crippen LogP) is 3.14. The highest BCUT2D eigenvalue weighted by atomic mass is 35.5. The third-order valence-electron chi connectivity index (χ3n) is 3.50. The second-order valence-corrected chi connectivity index (χ2v) is 6.62. The van der Waals surface area contributed by atoms with Gasteiger partial charge in [0.1, 0.15) is 0 Å². The quantitative estimate of drug-likeness (QED) is 0.847. The van der Waals surface area contributed by atoms with Crippen LogP contribution in [0, 0.1) is 5.92 Å². The van der Waals surface area contributed by atoms with Crippen molar-refractivity contribution in [3.63, 3.8) is 0 Å². The molecule has 0 spiro atoms. The van der Waals surface area contributed by atoms with Crippen LogP contribution in [-0.2, 0) is 10.2 Å². The van der Waals surface area contributed by atoms with Crippen molar-refractivity contribution in [2.75, 3.05) is 6.54 Å². The lowest BCUT2D eigenvalue weighted by Gasteiger charge is -2.26. The summed E-state index contributed by atoms with van der Waals surface area (Å²) in [5, 5.41) is 13.3. The first kappa shape index (κ1) is 17.0. The number of carbonyl (C=O) groups is 1. The molecule has 1 unspecified atom stereocenters. The molecule has 0 aliphatic heterocycles. The molecular weight excluding hydrogens is 274 g/mol. The van der Waals surface area contributed by atoms with E-state index in [-0.39, 0.29) is 23.7 Å². The van der Waals surface area contributed by atoms with Crippen LogP contribution in [0.1, 0.15) is 39.7 Å². The number of aliphatic hydroxyl groups is 1. The molecule has 2 N–H and O–H groups in total. The van der Waals surface area contributed by atoms with E-state index >= 15 is 0 Å². The van der Waals surface area contributed by atoms with Crippen molar-refractivity contribution in [3.8, 4) is 0 Å². The fourth-order valence-corrected chi connectivity index (χ4v) is 2.02. The summed E-state index contributed by atoms with van der Waals surface area (Å²) in [7, 11) is 0. The lowest BCUT2D eigenvalue weighted by Crippen LogP contribution is -2.38. The smallest absolute Gasteiger partial charge is 0.222 e. The zero-order chi connectivity index (χ0) is 15.3. The summed E-state index contributed by atoms with van der Waals surface area (Å²) in [5.74, 6) is -0.0389. The number of aliphatic hydroxyl groups excluding tert-OH is 1. The minimum absolute atomic E-state index is 0.0849. The molecule has 0 saturated carbocycles. The van der Waals surface area contributed by atoms with Gasteiger partial charge in [-0.3, -0.25) is 4.79 Å². The highest BCUT2D eigenvalue weighted by molar-refractivity contribution is 6.30. The Bertz CT molecular complexity index is 458. The van der Waals surface area contributed by atoms with Crippen molar-refractivity contribution in [2.24, 2.45) is 5.92 Å². The number of hydrogen-bond donors (Lipinski definition) is 2. The van der Waals surface area contributed by atoms with Crippen molar-refractivity contribution in [3.05, 3.63) is 34.9 Å². The first-order chi connectivity index (χ1) is 9.22. The molecule has 20 heavy (non-hydrogen) atoms. The molecule has 1 aromatic rings. The Hall–Kier alpha value is -1.06. The first-order valence-electron chi connectivity index (χ1n) is 6.93. The molecule has 0 radical (unpaired) electrons. The first-order valence-corrected chi connectivity index (χ1v) is 7.31. The maximum atomic E-state index is 11.8. The maximum absolute atomic E-state index is 11.8. The lowest BCUT2D eigenvalue weighted by atomic mass is 9.84. The Kier molecular flexibility index (Phi) is 6.03. The molecule has 1 rings (SSSR count). The second-order valence-electron chi connectivity index (χ2n) is 6.19. The minimum Gasteiger partial charge on any atom is -0.392 e. The van der Waals surface area contributed by atoms with E-state index in [0.717, 1.165) is 5.56 Å². The summed E-state index contributed by atoms with van der Waals surface area (Å²) < 4.78 is 0. The van der Waals surface area contributed by atoms with Crippen LogP contribution in [0.15, 0.2) is 24.3 Å². The van der Waals surface area contributed by atoms with Crippen molar-refractivity contribution in [1.82, 2.24) is 5.32 Å². The van der Waals surface area contributed by atoms with E-state index in [4.69, 9.17) is 11.6 Å². The van der Waals surface area contributed by atoms with Gasteiger partial charge in [0.2, 0.25) is 5.91 Å². The Labute approximate surface area is 126 Å². The lowest BCUT2D eigenvalue weighted by molar-refractivity contribution is -0.123. The molecule has 3 nitrogen and oxygen atoms in total. The van der Waals surface area contributed by atoms with Crippen molar-refractivity contribution in [2.45, 2.75) is 45.6 Å². The molecule has 0 heterocycles. The summed E-state index contributed by atoms with van der Waals surface area (Å²) in [6.07, 6.45) is -0.451. The number of halogens is 1. The fraction of sp³-hybridized carbons (Fsp3) is 0.562. The number of nitrogens with one attached hydrogen (secondary N) is 1. The van der Waals surface area contributed by atoms with Gasteiger partial charge in [0.05, 0.1) is 12.5 Å². The number of amides is 1. The predicted molar refractivity (Wildman–Crippen MR) is 82.9 cm³/mol. The topological polar surface area (TPSA) is 49.3 Å². The molecule has 0 fully saturated rings. The minimum atomic E-state index is -0.593. The third-order valence-corrected chi connectivity index (χ3v) is 3.73. The van der Waals surface area contributed by atoms with Crippen LogP contribution in [0.2, 0.25) is 5.02 Å². The molecule has 0 saturated heterocycles. The molecule has 0 aliphatic rings. The number of rotatable bonds is 6. The van der Waals surface area contributed by atoms with Gasteiger partial charge in [-0.1, -0.05) is 51.4 Å². The third kappa shape index (κ3) is 5.14. The van der Waals surface area contributed by atoms with Gasteiger partial charge in [0.15, 0.2) is 0 Å². The molecule has 1 amide bonds. The normalized spacial score (nSPS) is 13.3. The molecule has 0 aromatic heterocycles. The summed E-state index contributed by atoms with van der Waals surface area (Å²) in [6, 6.07) is 7.65. The molecule has 1 aromatic carbocycles. The molecule has 0 bridgehead atoms. The van der Waals surface area contributed by atoms with Crippen LogP contribution in [0.5, 0.6) is 0 Å². The summed E-state index contributed by atoms with van der Waals surface area (Å²) in [5.41, 5.74) is 0.873. The monoisotopic (exact) mass is 297 g/mol. The molecule has 112 valence electrons. The van der Waals surface area contributed by atoms with Crippen molar-refractivity contribution < 1.29 is 9.90 Å². The van der Waals surface area contributed by atoms with E-state index in [9.17, 15) is 9.90 Å². The maximum Gasteiger partial charge on any atom is 0.222 e. The van der Waals surface area contributed by atoms with Crippen LogP contribution in [0.3, 0.4) is 0 Å². The van der Waals surface area contributed by atoms with Gasteiger partial charge in [0.25, 0.3) is 0 Å². The van der Waals surface area contributed by atoms with Crippen molar-refractivity contribution in [1.29, 1.82) is 0 Å². The largest absolute Gasteiger partial charge is 0.392 e. The van der Waals surface area contributed by atoms with Crippen molar-refractivity contribution >= 4 is 17.5 Å². The molecular formula is C16H24ClNO2. The van der Waals surface area contributed by atoms with Crippen LogP contribution in [0.25, 0.3) is 0 Å². The summed E-state index contributed by atoms with van der Waals surface area (Å²) in [4.78, 5) is 11.8. The van der Waals surface area contributed by atoms with E-state index < -0.39 is 6.10 Å². The van der Waals surface area contributed by atoms with Crippen LogP contribution in [0.4, 0.5) is 0 Å². The van der Waals surface area contributed by atoms with Gasteiger partial charge in [-0.25, -0.2) is 0 Å². The SMILES string of the molecule is CC(C)C(O)CC(=O)NCC(C)(C)c1cccc(Cl)c1. The standard InChI is InChI=1S/C16H24ClNO2/c1-11(2)14(19)9-15(20)18-10-16(3,4)12-6-5-7-13(17)8-12/h5-8,11,14,19H,9-10H2,1-4H3,(H,18,20). The Morgan fingerprint density at radius 2 is 2.05 bits per heavy atom. The summed E-state index contributed by atoms with van der Waals surface area (Å²) >= 11 is 6.00. The molecule has 1 atom stereocenters. The average Bonchev–Trinajstić information content (AvgIpc) is 2.36. The van der Waals surface area contributed by atoms with E-state index in [1.807, 2.05) is 38.1 Å². The van der Waals surface area contributed by atoms with Gasteiger partial charge in [-0.15, -0.1) is 0 Å². The average molecular weight is 298 g/mol. The van der Waals surface area contributed by atoms with E-state index in [1.54, 1.807) is 0 Å². The van der Waals surface area contributed by atoms with Gasteiger partial charge >= 0.3 is 0 Å². The number of benzene rings is 1. The van der Waals surface area contributed by atoms with Gasteiger partial charge < -0.3 is 10.4 Å². The Morgan fingerprint density at radius 3 is 2.60 bits per heavy atom. The Morgan fingerprint density at radius 1 is 1.40 bits per heavy atom. The van der Waals surface area contributed by atoms with E-state index in [1.165, 1.54) is 0 Å². The number of carbonyl (C=O) groups excluding carboxylic acids is 1. The van der Waals surface area contributed by atoms with Crippen LogP contribution in [-0.4, -0.2) is 23.7 Å². The zero-order valence-electron chi connectivity index (χ0n) is 12.6. The van der Waals surface area contributed by atoms with E-state index in [2.05, 4.69) is 19.2 Å². The van der Waals surface area contributed by atoms with Crippen LogP contribution >= 0.6 is 11.6 Å². The Balaban J connectivity index is 2.57. The van der Waals surface area contributed by atoms with E-state index in [0.29, 0.717) is 11.6 Å². The number of hydrogen-bond acceptors (Lipinski definition) is 2. The fourth-order valence-electron chi connectivity index (χ4n) is 1.83. The zero-order valence-corrected chi connectivity index (χ0v) is 13.4. The highest BCUT2D eigenvalue weighted by Crippen LogP contribution is 2.24. The van der Waals surface area contributed by atoms with Gasteiger partial charge in [-0.2, -0.15) is 0 Å². The highest BCUT2D eigenvalue weighted by Gasteiger charge is 2.22. The summed E-state index contributed by atoms with van der Waals surface area (Å²) in [6.45, 7) is 8.41. The second kappa shape index (κ2) is 7.09.